The molecule has 2 aromatic carbocycles. The van der Waals surface area contributed by atoms with Crippen LogP contribution in [0.15, 0.2) is 61.1 Å². The first kappa shape index (κ1) is 26.1. The lowest BCUT2D eigenvalue weighted by Gasteiger charge is -2.16. The van der Waals surface area contributed by atoms with E-state index in [4.69, 9.17) is 31.5 Å². The minimum Gasteiger partial charge on any atom is -0.489 e. The van der Waals surface area contributed by atoms with E-state index in [2.05, 4.69) is 25.6 Å². The highest BCUT2D eigenvalue weighted by Crippen LogP contribution is 2.35. The first-order valence-electron chi connectivity index (χ1n) is 11.5. The lowest BCUT2D eigenvalue weighted by molar-refractivity contribution is -0.117. The number of carbonyl (C=O) groups excluding carboxylic acids is 1. The largest absolute Gasteiger partial charge is 0.489 e. The van der Waals surface area contributed by atoms with Crippen molar-refractivity contribution in [3.05, 3.63) is 71.8 Å². The number of nitrogens with zero attached hydrogens (tertiary/aromatic N) is 3. The molecule has 4 rings (SSSR count). The standard InChI is InChI=1S/C26H27ClN6O4/c1-16(28)26(34)33-22-12-19-21(13-24(22)36-10-9-35-2)30-15-31-25(19)32-17-6-7-23(20(27)11-17)37-14-18-5-3-4-8-29-18/h3-8,11-13,15-16H,9-10,14,28H2,1-2H3,(H,33,34)(H,30,31,32). The molecule has 0 radical (unpaired) electrons. The summed E-state index contributed by atoms with van der Waals surface area (Å²) in [6.07, 6.45) is 3.15. The zero-order chi connectivity index (χ0) is 26.2. The zero-order valence-corrected chi connectivity index (χ0v) is 21.2. The fourth-order valence-corrected chi connectivity index (χ4v) is 3.58. The molecule has 2 aromatic heterocycles. The predicted molar refractivity (Wildman–Crippen MR) is 142 cm³/mol. The third kappa shape index (κ3) is 6.82. The molecule has 0 saturated heterocycles. The first-order valence-corrected chi connectivity index (χ1v) is 11.9. The Labute approximate surface area is 219 Å². The Morgan fingerprint density at radius 1 is 1.05 bits per heavy atom. The van der Waals surface area contributed by atoms with Crippen molar-refractivity contribution < 1.29 is 19.0 Å². The number of pyridine rings is 1. The minimum atomic E-state index is -0.701. The maximum absolute atomic E-state index is 12.3. The normalized spacial score (nSPS) is 11.7. The Kier molecular flexibility index (Phi) is 8.68. The molecule has 1 unspecified atom stereocenters. The number of hydrogen-bond donors (Lipinski definition) is 3. The number of methoxy groups -OCH3 is 1. The number of rotatable bonds is 11. The zero-order valence-electron chi connectivity index (χ0n) is 20.4. The van der Waals surface area contributed by atoms with Crippen molar-refractivity contribution in [3.63, 3.8) is 0 Å². The smallest absolute Gasteiger partial charge is 0.241 e. The van der Waals surface area contributed by atoms with E-state index in [1.165, 1.54) is 6.33 Å². The van der Waals surface area contributed by atoms with Gasteiger partial charge in [0, 0.05) is 30.4 Å². The number of carbonyl (C=O) groups is 1. The molecule has 1 atom stereocenters. The maximum atomic E-state index is 12.3. The molecule has 0 aliphatic carbocycles. The number of hydrogen-bond acceptors (Lipinski definition) is 9. The van der Waals surface area contributed by atoms with Crippen LogP contribution >= 0.6 is 11.6 Å². The van der Waals surface area contributed by atoms with Gasteiger partial charge in [0.15, 0.2) is 0 Å². The fourth-order valence-electron chi connectivity index (χ4n) is 3.35. The van der Waals surface area contributed by atoms with Crippen molar-refractivity contribution in [1.82, 2.24) is 15.0 Å². The van der Waals surface area contributed by atoms with Gasteiger partial charge in [-0.3, -0.25) is 9.78 Å². The summed E-state index contributed by atoms with van der Waals surface area (Å²) >= 11 is 6.47. The molecule has 0 saturated carbocycles. The Bertz CT molecular complexity index is 1370. The molecular formula is C26H27ClN6O4. The SMILES string of the molecule is COCCOc1cc2ncnc(Nc3ccc(OCc4ccccn4)c(Cl)c3)c2cc1NC(=O)C(C)N. The third-order valence-electron chi connectivity index (χ3n) is 5.25. The van der Waals surface area contributed by atoms with Gasteiger partial charge in [-0.2, -0.15) is 0 Å². The highest BCUT2D eigenvalue weighted by atomic mass is 35.5. The number of halogens is 1. The topological polar surface area (TPSA) is 134 Å². The van der Waals surface area contributed by atoms with Gasteiger partial charge in [-0.05, 0) is 43.3 Å². The molecule has 192 valence electrons. The molecule has 1 amide bonds. The lowest BCUT2D eigenvalue weighted by Crippen LogP contribution is -2.32. The molecule has 11 heteroatoms. The average Bonchev–Trinajstić information content (AvgIpc) is 2.89. The van der Waals surface area contributed by atoms with Gasteiger partial charge in [-0.25, -0.2) is 9.97 Å². The quantitative estimate of drug-likeness (QED) is 0.246. The van der Waals surface area contributed by atoms with Crippen molar-refractivity contribution in [1.29, 1.82) is 0 Å². The van der Waals surface area contributed by atoms with Gasteiger partial charge in [-0.15, -0.1) is 0 Å². The number of aromatic nitrogens is 3. The molecule has 2 heterocycles. The molecule has 37 heavy (non-hydrogen) atoms. The number of anilines is 3. The summed E-state index contributed by atoms with van der Waals surface area (Å²) < 4.78 is 16.7. The van der Waals surface area contributed by atoms with E-state index >= 15 is 0 Å². The average molecular weight is 523 g/mol. The van der Waals surface area contributed by atoms with Crippen molar-refractivity contribution >= 4 is 45.6 Å². The molecule has 10 nitrogen and oxygen atoms in total. The number of ether oxygens (including phenoxy) is 3. The number of nitrogens with two attached hydrogens (primary N) is 1. The van der Waals surface area contributed by atoms with Gasteiger partial charge < -0.3 is 30.6 Å². The Morgan fingerprint density at radius 2 is 1.92 bits per heavy atom. The Balaban J connectivity index is 1.59. The molecule has 0 fully saturated rings. The summed E-state index contributed by atoms with van der Waals surface area (Å²) in [7, 11) is 1.58. The summed E-state index contributed by atoms with van der Waals surface area (Å²) in [5.74, 6) is 1.14. The Morgan fingerprint density at radius 3 is 2.65 bits per heavy atom. The molecular weight excluding hydrogens is 496 g/mol. The van der Waals surface area contributed by atoms with Crippen LogP contribution in [-0.4, -0.2) is 47.2 Å². The molecule has 4 aromatic rings. The number of nitrogens with one attached hydrogen (secondary N) is 2. The van der Waals surface area contributed by atoms with Gasteiger partial charge in [0.25, 0.3) is 0 Å². The molecule has 0 bridgehead atoms. The molecule has 4 N–H and O–H groups in total. The third-order valence-corrected chi connectivity index (χ3v) is 5.54. The van der Waals surface area contributed by atoms with Crippen molar-refractivity contribution in [2.24, 2.45) is 5.73 Å². The van der Waals surface area contributed by atoms with Crippen LogP contribution < -0.4 is 25.8 Å². The van der Waals surface area contributed by atoms with Crippen LogP contribution in [0.4, 0.5) is 17.2 Å². The van der Waals surface area contributed by atoms with Gasteiger partial charge in [-0.1, -0.05) is 17.7 Å². The summed E-state index contributed by atoms with van der Waals surface area (Å²) in [6, 6.07) is 13.7. The van der Waals surface area contributed by atoms with Crippen molar-refractivity contribution in [2.45, 2.75) is 19.6 Å². The highest BCUT2D eigenvalue weighted by molar-refractivity contribution is 6.32. The monoisotopic (exact) mass is 522 g/mol. The second-order valence-corrected chi connectivity index (χ2v) is 8.49. The summed E-state index contributed by atoms with van der Waals surface area (Å²) in [5.41, 5.74) is 8.29. The second-order valence-electron chi connectivity index (χ2n) is 8.09. The van der Waals surface area contributed by atoms with Crippen molar-refractivity contribution in [3.8, 4) is 11.5 Å². The van der Waals surface area contributed by atoms with Crippen LogP contribution in [0.5, 0.6) is 11.5 Å². The van der Waals surface area contributed by atoms with E-state index in [0.29, 0.717) is 64.4 Å². The molecule has 0 aliphatic heterocycles. The van der Waals surface area contributed by atoms with Crippen LogP contribution in [0.2, 0.25) is 5.02 Å². The van der Waals surface area contributed by atoms with Crippen LogP contribution in [0.1, 0.15) is 12.6 Å². The fraction of sp³-hybridized carbons (Fsp3) is 0.231. The summed E-state index contributed by atoms with van der Waals surface area (Å²) in [5, 5.41) is 7.16. The maximum Gasteiger partial charge on any atom is 0.241 e. The molecule has 0 spiro atoms. The second kappa shape index (κ2) is 12.3. The summed E-state index contributed by atoms with van der Waals surface area (Å²) in [4.78, 5) is 25.3. The van der Waals surface area contributed by atoms with Gasteiger partial charge in [0.2, 0.25) is 5.91 Å². The van der Waals surface area contributed by atoms with E-state index in [-0.39, 0.29) is 5.91 Å². The van der Waals surface area contributed by atoms with E-state index in [0.717, 1.165) is 5.69 Å². The number of benzene rings is 2. The van der Waals surface area contributed by atoms with Gasteiger partial charge >= 0.3 is 0 Å². The number of amides is 1. The van der Waals surface area contributed by atoms with Crippen molar-refractivity contribution in [2.75, 3.05) is 31.0 Å². The van der Waals surface area contributed by atoms with Crippen LogP contribution in [0, 0.1) is 0 Å². The van der Waals surface area contributed by atoms with Crippen LogP contribution in [-0.2, 0) is 16.1 Å². The lowest BCUT2D eigenvalue weighted by atomic mass is 10.1. The number of fused-ring (bicyclic) bond motifs is 1. The van der Waals surface area contributed by atoms with Gasteiger partial charge in [0.05, 0.1) is 34.6 Å². The highest BCUT2D eigenvalue weighted by Gasteiger charge is 2.16. The van der Waals surface area contributed by atoms with Crippen LogP contribution in [0.25, 0.3) is 10.9 Å². The van der Waals surface area contributed by atoms with E-state index in [1.807, 2.05) is 24.3 Å². The predicted octanol–water partition coefficient (Wildman–Crippen LogP) is 4.31. The van der Waals surface area contributed by atoms with Gasteiger partial charge in [0.1, 0.15) is 36.9 Å². The minimum absolute atomic E-state index is 0.298. The van der Waals surface area contributed by atoms with E-state index < -0.39 is 6.04 Å². The molecule has 0 aliphatic rings. The van der Waals surface area contributed by atoms with E-state index in [9.17, 15) is 4.79 Å². The Hall–Kier alpha value is -3.99. The van der Waals surface area contributed by atoms with Crippen LogP contribution in [0.3, 0.4) is 0 Å². The summed E-state index contributed by atoms with van der Waals surface area (Å²) in [6.45, 7) is 2.59. The first-order chi connectivity index (χ1) is 17.9. The van der Waals surface area contributed by atoms with E-state index in [1.54, 1.807) is 44.5 Å².